The maximum Gasteiger partial charge on any atom is 0.112 e. The Hall–Kier alpha value is -1.35. The summed E-state index contributed by atoms with van der Waals surface area (Å²) in [7, 11) is 0. The summed E-state index contributed by atoms with van der Waals surface area (Å²) in [5.74, 6) is 1.53. The molecule has 1 unspecified atom stereocenters. The Morgan fingerprint density at radius 3 is 3.00 bits per heavy atom. The highest BCUT2D eigenvalue weighted by atomic mass is 16.5. The first kappa shape index (κ1) is 10.8. The number of aromatic nitrogens is 2. The van der Waals surface area contributed by atoms with E-state index in [9.17, 15) is 0 Å². The smallest absolute Gasteiger partial charge is 0.112 e. The average Bonchev–Trinajstić information content (AvgIpc) is 2.74. The molecule has 1 aromatic carbocycles. The van der Waals surface area contributed by atoms with Gasteiger partial charge in [-0.15, -0.1) is 0 Å². The summed E-state index contributed by atoms with van der Waals surface area (Å²) in [5, 5.41) is 0. The molecule has 1 aromatic heterocycles. The summed E-state index contributed by atoms with van der Waals surface area (Å²) in [4.78, 5) is 8.20. The zero-order chi connectivity index (χ0) is 11.8. The zero-order valence-corrected chi connectivity index (χ0v) is 10.4. The Labute approximate surface area is 101 Å². The standard InChI is InChI=1S/C14H18N2O/c1-9-6-10(2)13-12(7-9)15-14(16-13)11-4-3-5-17-8-11/h6-7,11H,3-5,8H2,1-2H3,(H,15,16). The zero-order valence-electron chi connectivity index (χ0n) is 10.4. The van der Waals surface area contributed by atoms with Gasteiger partial charge < -0.3 is 9.72 Å². The predicted molar refractivity (Wildman–Crippen MR) is 68.4 cm³/mol. The fourth-order valence-electron chi connectivity index (χ4n) is 2.64. The largest absolute Gasteiger partial charge is 0.381 e. The molecule has 1 fully saturated rings. The van der Waals surface area contributed by atoms with Crippen LogP contribution in [0.1, 0.15) is 35.7 Å². The van der Waals surface area contributed by atoms with Crippen molar-refractivity contribution in [3.63, 3.8) is 0 Å². The minimum Gasteiger partial charge on any atom is -0.381 e. The number of aryl methyl sites for hydroxylation is 2. The molecule has 0 saturated carbocycles. The van der Waals surface area contributed by atoms with Crippen LogP contribution in [0.5, 0.6) is 0 Å². The van der Waals surface area contributed by atoms with Crippen LogP contribution in [0.15, 0.2) is 12.1 Å². The Balaban J connectivity index is 2.03. The van der Waals surface area contributed by atoms with E-state index in [0.29, 0.717) is 5.92 Å². The molecule has 1 saturated heterocycles. The molecule has 2 aromatic rings. The molecule has 1 atom stereocenters. The van der Waals surface area contributed by atoms with E-state index in [0.717, 1.165) is 36.5 Å². The van der Waals surface area contributed by atoms with Gasteiger partial charge >= 0.3 is 0 Å². The van der Waals surface area contributed by atoms with Gasteiger partial charge in [-0.1, -0.05) is 6.07 Å². The van der Waals surface area contributed by atoms with Gasteiger partial charge in [-0.25, -0.2) is 4.98 Å². The number of imidazole rings is 1. The molecule has 0 bridgehead atoms. The van der Waals surface area contributed by atoms with Gasteiger partial charge in [0.2, 0.25) is 0 Å². The molecular formula is C14H18N2O. The minimum atomic E-state index is 0.441. The SMILES string of the molecule is Cc1cc(C)c2nc(C3CCCOC3)[nH]c2c1. The summed E-state index contributed by atoms with van der Waals surface area (Å²) in [6, 6.07) is 4.35. The summed E-state index contributed by atoms with van der Waals surface area (Å²) in [6.45, 7) is 5.95. The maximum absolute atomic E-state index is 5.53. The number of fused-ring (bicyclic) bond motifs is 1. The molecule has 2 heterocycles. The molecule has 0 spiro atoms. The third-order valence-electron chi connectivity index (χ3n) is 3.49. The molecule has 1 aliphatic rings. The number of hydrogen-bond acceptors (Lipinski definition) is 2. The van der Waals surface area contributed by atoms with Crippen molar-refractivity contribution in [3.05, 3.63) is 29.1 Å². The van der Waals surface area contributed by atoms with E-state index < -0.39 is 0 Å². The van der Waals surface area contributed by atoms with Crippen molar-refractivity contribution in [1.29, 1.82) is 0 Å². The van der Waals surface area contributed by atoms with E-state index in [1.54, 1.807) is 0 Å². The first-order valence-corrected chi connectivity index (χ1v) is 6.28. The molecular weight excluding hydrogens is 212 g/mol. The van der Waals surface area contributed by atoms with Gasteiger partial charge in [0.15, 0.2) is 0 Å². The van der Waals surface area contributed by atoms with Crippen molar-refractivity contribution in [2.24, 2.45) is 0 Å². The summed E-state index contributed by atoms with van der Waals surface area (Å²) in [5.41, 5.74) is 4.79. The van der Waals surface area contributed by atoms with E-state index in [1.807, 2.05) is 0 Å². The van der Waals surface area contributed by atoms with Gasteiger partial charge in [-0.05, 0) is 43.9 Å². The first-order valence-electron chi connectivity index (χ1n) is 6.28. The second-order valence-corrected chi connectivity index (χ2v) is 5.01. The van der Waals surface area contributed by atoms with Crippen LogP contribution in [0.3, 0.4) is 0 Å². The lowest BCUT2D eigenvalue weighted by Gasteiger charge is -2.19. The fraction of sp³-hybridized carbons (Fsp3) is 0.500. The van der Waals surface area contributed by atoms with Crippen molar-refractivity contribution in [3.8, 4) is 0 Å². The van der Waals surface area contributed by atoms with Gasteiger partial charge in [0, 0.05) is 12.5 Å². The number of rotatable bonds is 1. The van der Waals surface area contributed by atoms with Gasteiger partial charge in [0.05, 0.1) is 17.6 Å². The topological polar surface area (TPSA) is 37.9 Å². The van der Waals surface area contributed by atoms with Crippen LogP contribution in [0, 0.1) is 13.8 Å². The van der Waals surface area contributed by atoms with Gasteiger partial charge in [0.25, 0.3) is 0 Å². The second-order valence-electron chi connectivity index (χ2n) is 5.01. The second kappa shape index (κ2) is 4.15. The van der Waals surface area contributed by atoms with Crippen molar-refractivity contribution < 1.29 is 4.74 Å². The highest BCUT2D eigenvalue weighted by Gasteiger charge is 2.19. The number of H-pyrrole nitrogens is 1. The monoisotopic (exact) mass is 230 g/mol. The van der Waals surface area contributed by atoms with E-state index in [2.05, 4.69) is 31.0 Å². The van der Waals surface area contributed by atoms with Crippen molar-refractivity contribution in [2.45, 2.75) is 32.6 Å². The highest BCUT2D eigenvalue weighted by Crippen LogP contribution is 2.26. The summed E-state index contributed by atoms with van der Waals surface area (Å²) in [6.07, 6.45) is 2.32. The van der Waals surface area contributed by atoms with Crippen LogP contribution in [0.25, 0.3) is 11.0 Å². The number of aromatic amines is 1. The van der Waals surface area contributed by atoms with Crippen LogP contribution >= 0.6 is 0 Å². The molecule has 0 amide bonds. The molecule has 1 N–H and O–H groups in total. The average molecular weight is 230 g/mol. The lowest BCUT2D eigenvalue weighted by Crippen LogP contribution is -2.16. The number of nitrogens with zero attached hydrogens (tertiary/aromatic N) is 1. The fourth-order valence-corrected chi connectivity index (χ4v) is 2.64. The molecule has 0 aliphatic carbocycles. The lowest BCUT2D eigenvalue weighted by atomic mass is 10.0. The third kappa shape index (κ3) is 1.95. The van der Waals surface area contributed by atoms with E-state index in [-0.39, 0.29) is 0 Å². The van der Waals surface area contributed by atoms with Crippen molar-refractivity contribution >= 4 is 11.0 Å². The molecule has 90 valence electrons. The number of nitrogens with one attached hydrogen (secondary N) is 1. The maximum atomic E-state index is 5.53. The number of hydrogen-bond donors (Lipinski definition) is 1. The van der Waals surface area contributed by atoms with Crippen LogP contribution in [0.4, 0.5) is 0 Å². The van der Waals surface area contributed by atoms with E-state index in [4.69, 9.17) is 9.72 Å². The van der Waals surface area contributed by atoms with Crippen LogP contribution in [0.2, 0.25) is 0 Å². The third-order valence-corrected chi connectivity index (χ3v) is 3.49. The normalized spacial score (nSPS) is 20.9. The molecule has 3 heteroatoms. The lowest BCUT2D eigenvalue weighted by molar-refractivity contribution is 0.0784. The predicted octanol–water partition coefficient (Wildman–Crippen LogP) is 3.07. The van der Waals surface area contributed by atoms with Crippen molar-refractivity contribution in [1.82, 2.24) is 9.97 Å². The molecule has 3 rings (SSSR count). The Morgan fingerprint density at radius 2 is 2.24 bits per heavy atom. The van der Waals surface area contributed by atoms with Crippen LogP contribution in [-0.2, 0) is 4.74 Å². The Kier molecular flexibility index (Phi) is 2.63. The molecule has 17 heavy (non-hydrogen) atoms. The number of ether oxygens (including phenoxy) is 1. The summed E-state index contributed by atoms with van der Waals surface area (Å²) >= 11 is 0. The molecule has 0 radical (unpaired) electrons. The van der Waals surface area contributed by atoms with E-state index in [1.165, 1.54) is 17.5 Å². The van der Waals surface area contributed by atoms with Gasteiger partial charge in [-0.2, -0.15) is 0 Å². The Bertz CT molecular complexity index is 538. The van der Waals surface area contributed by atoms with Crippen LogP contribution < -0.4 is 0 Å². The van der Waals surface area contributed by atoms with Crippen LogP contribution in [-0.4, -0.2) is 23.2 Å². The van der Waals surface area contributed by atoms with Gasteiger partial charge in [0.1, 0.15) is 5.82 Å². The number of benzene rings is 1. The Morgan fingerprint density at radius 1 is 1.35 bits per heavy atom. The van der Waals surface area contributed by atoms with Crippen molar-refractivity contribution in [2.75, 3.05) is 13.2 Å². The minimum absolute atomic E-state index is 0.441. The van der Waals surface area contributed by atoms with E-state index >= 15 is 0 Å². The highest BCUT2D eigenvalue weighted by molar-refractivity contribution is 5.79. The molecule has 1 aliphatic heterocycles. The molecule has 3 nitrogen and oxygen atoms in total. The van der Waals surface area contributed by atoms with Gasteiger partial charge in [-0.3, -0.25) is 0 Å². The summed E-state index contributed by atoms with van der Waals surface area (Å²) < 4.78 is 5.53. The quantitative estimate of drug-likeness (QED) is 0.817. The first-order chi connectivity index (χ1) is 8.24.